The van der Waals surface area contributed by atoms with Crippen LogP contribution in [-0.2, 0) is 6.18 Å². The van der Waals surface area contributed by atoms with Crippen molar-refractivity contribution in [3.8, 4) is 0 Å². The lowest BCUT2D eigenvalue weighted by Gasteiger charge is -2.38. The summed E-state index contributed by atoms with van der Waals surface area (Å²) >= 11 is 0. The second kappa shape index (κ2) is 5.14. The largest absolute Gasteiger partial charge is 0.417 e. The molecule has 0 spiro atoms. The lowest BCUT2D eigenvalue weighted by Crippen LogP contribution is -2.42. The first-order valence-electron chi connectivity index (χ1n) is 5.93. The fourth-order valence-electron chi connectivity index (χ4n) is 2.01. The molecule has 0 amide bonds. The third-order valence-electron chi connectivity index (χ3n) is 3.23. The van der Waals surface area contributed by atoms with Gasteiger partial charge in [-0.1, -0.05) is 0 Å². The van der Waals surface area contributed by atoms with Gasteiger partial charge in [0, 0.05) is 18.8 Å². The second-order valence-corrected chi connectivity index (χ2v) is 4.40. The second-order valence-electron chi connectivity index (χ2n) is 4.40. The molecule has 2 rings (SSSR count). The molecule has 0 saturated heterocycles. The van der Waals surface area contributed by atoms with Gasteiger partial charge < -0.3 is 10.0 Å². The molecule has 0 bridgehead atoms. The molecule has 0 radical (unpaired) electrons. The Hall–Kier alpha value is -1.30. The van der Waals surface area contributed by atoms with Crippen LogP contribution in [0.3, 0.4) is 0 Å². The molecule has 6 heteroatoms. The van der Waals surface area contributed by atoms with Gasteiger partial charge in [-0.2, -0.15) is 13.2 Å². The van der Waals surface area contributed by atoms with Gasteiger partial charge in [0.05, 0.1) is 12.2 Å². The first kappa shape index (κ1) is 13.1. The average Bonchev–Trinajstić information content (AvgIpc) is 2.25. The molecule has 18 heavy (non-hydrogen) atoms. The van der Waals surface area contributed by atoms with E-state index in [1.165, 1.54) is 6.07 Å². The summed E-state index contributed by atoms with van der Waals surface area (Å²) in [6.45, 7) is 0.377. The van der Waals surface area contributed by atoms with Crippen molar-refractivity contribution in [3.05, 3.63) is 23.9 Å². The minimum Gasteiger partial charge on any atom is -0.395 e. The van der Waals surface area contributed by atoms with Gasteiger partial charge in [-0.15, -0.1) is 0 Å². The molecule has 1 aliphatic carbocycles. The number of nitrogens with zero attached hydrogens (tertiary/aromatic N) is 2. The highest BCUT2D eigenvalue weighted by molar-refractivity contribution is 5.41. The SMILES string of the molecule is OCCN(c1ccc(C(F)(F)F)cn1)C1CCC1. The van der Waals surface area contributed by atoms with E-state index >= 15 is 0 Å². The molecule has 1 fully saturated rings. The molecule has 1 aromatic rings. The molecule has 0 atom stereocenters. The van der Waals surface area contributed by atoms with Crippen LogP contribution in [0, 0.1) is 0 Å². The van der Waals surface area contributed by atoms with Crippen molar-refractivity contribution < 1.29 is 18.3 Å². The van der Waals surface area contributed by atoms with E-state index in [-0.39, 0.29) is 6.61 Å². The normalized spacial score (nSPS) is 16.4. The van der Waals surface area contributed by atoms with Crippen LogP contribution in [0.25, 0.3) is 0 Å². The summed E-state index contributed by atoms with van der Waals surface area (Å²) in [4.78, 5) is 5.74. The van der Waals surface area contributed by atoms with Crippen LogP contribution in [-0.4, -0.2) is 29.3 Å². The Morgan fingerprint density at radius 1 is 1.33 bits per heavy atom. The monoisotopic (exact) mass is 260 g/mol. The Morgan fingerprint density at radius 3 is 2.44 bits per heavy atom. The van der Waals surface area contributed by atoms with Gasteiger partial charge in [0.2, 0.25) is 0 Å². The number of aromatic nitrogens is 1. The molecular weight excluding hydrogens is 245 g/mol. The maximum atomic E-state index is 12.4. The summed E-state index contributed by atoms with van der Waals surface area (Å²) in [6.07, 6.45) is -0.388. The Labute approximate surface area is 103 Å². The van der Waals surface area contributed by atoms with E-state index in [2.05, 4.69) is 4.98 Å². The van der Waals surface area contributed by atoms with Crippen LogP contribution < -0.4 is 4.90 Å². The van der Waals surface area contributed by atoms with E-state index in [1.807, 2.05) is 4.90 Å². The number of hydrogen-bond donors (Lipinski definition) is 1. The third kappa shape index (κ3) is 2.75. The van der Waals surface area contributed by atoms with Crippen LogP contribution in [0.1, 0.15) is 24.8 Å². The Morgan fingerprint density at radius 2 is 2.06 bits per heavy atom. The van der Waals surface area contributed by atoms with Crippen molar-refractivity contribution in [3.63, 3.8) is 0 Å². The highest BCUT2D eigenvalue weighted by Gasteiger charge is 2.31. The Bertz CT molecular complexity index is 387. The van der Waals surface area contributed by atoms with Gasteiger partial charge in [0.15, 0.2) is 0 Å². The van der Waals surface area contributed by atoms with Gasteiger partial charge in [-0.25, -0.2) is 4.98 Å². The summed E-state index contributed by atoms with van der Waals surface area (Å²) in [5.41, 5.74) is -0.746. The van der Waals surface area contributed by atoms with Gasteiger partial charge in [0.25, 0.3) is 0 Å². The lowest BCUT2D eigenvalue weighted by molar-refractivity contribution is -0.137. The maximum Gasteiger partial charge on any atom is 0.417 e. The first-order chi connectivity index (χ1) is 8.52. The number of alkyl halides is 3. The maximum absolute atomic E-state index is 12.4. The van der Waals surface area contributed by atoms with Crippen molar-refractivity contribution in [2.24, 2.45) is 0 Å². The van der Waals surface area contributed by atoms with Gasteiger partial charge in [0.1, 0.15) is 5.82 Å². The van der Waals surface area contributed by atoms with Crippen molar-refractivity contribution in [1.29, 1.82) is 0 Å². The number of aliphatic hydroxyl groups excluding tert-OH is 1. The predicted octanol–water partition coefficient (Wildman–Crippen LogP) is 2.45. The third-order valence-corrected chi connectivity index (χ3v) is 3.23. The quantitative estimate of drug-likeness (QED) is 0.903. The topological polar surface area (TPSA) is 36.4 Å². The van der Waals surface area contributed by atoms with E-state index in [4.69, 9.17) is 5.11 Å². The van der Waals surface area contributed by atoms with Crippen LogP contribution >= 0.6 is 0 Å². The fraction of sp³-hybridized carbons (Fsp3) is 0.583. The fourth-order valence-corrected chi connectivity index (χ4v) is 2.01. The number of aliphatic hydroxyl groups is 1. The highest BCUT2D eigenvalue weighted by Crippen LogP contribution is 2.31. The van der Waals surface area contributed by atoms with Gasteiger partial charge in [-0.05, 0) is 31.4 Å². The molecule has 1 N–H and O–H groups in total. The van der Waals surface area contributed by atoms with E-state index in [0.29, 0.717) is 18.4 Å². The minimum atomic E-state index is -4.36. The van der Waals surface area contributed by atoms with E-state index in [0.717, 1.165) is 31.5 Å². The van der Waals surface area contributed by atoms with E-state index in [9.17, 15) is 13.2 Å². The summed E-state index contributed by atoms with van der Waals surface area (Å²) in [5.74, 6) is 0.502. The smallest absolute Gasteiger partial charge is 0.395 e. The van der Waals surface area contributed by atoms with Crippen molar-refractivity contribution in [1.82, 2.24) is 4.98 Å². The number of pyridine rings is 1. The molecular formula is C12H15F3N2O. The molecule has 100 valence electrons. The van der Waals surface area contributed by atoms with Crippen LogP contribution in [0.5, 0.6) is 0 Å². The van der Waals surface area contributed by atoms with Crippen molar-refractivity contribution in [2.45, 2.75) is 31.5 Å². The molecule has 0 aliphatic heterocycles. The van der Waals surface area contributed by atoms with Crippen molar-refractivity contribution in [2.75, 3.05) is 18.1 Å². The van der Waals surface area contributed by atoms with Crippen LogP contribution in [0.2, 0.25) is 0 Å². The molecule has 0 aromatic carbocycles. The van der Waals surface area contributed by atoms with Crippen LogP contribution in [0.15, 0.2) is 18.3 Å². The lowest BCUT2D eigenvalue weighted by atomic mass is 9.91. The van der Waals surface area contributed by atoms with Crippen molar-refractivity contribution >= 4 is 5.82 Å². The Balaban J connectivity index is 2.15. The minimum absolute atomic E-state index is 0.0286. The summed E-state index contributed by atoms with van der Waals surface area (Å²) in [6, 6.07) is 2.70. The summed E-state index contributed by atoms with van der Waals surface area (Å²) < 4.78 is 37.2. The summed E-state index contributed by atoms with van der Waals surface area (Å²) in [5, 5.41) is 9.00. The number of anilines is 1. The predicted molar refractivity (Wildman–Crippen MR) is 61.3 cm³/mol. The van der Waals surface area contributed by atoms with E-state index in [1.54, 1.807) is 0 Å². The average molecular weight is 260 g/mol. The van der Waals surface area contributed by atoms with Gasteiger partial charge in [-0.3, -0.25) is 0 Å². The zero-order valence-corrected chi connectivity index (χ0v) is 9.82. The molecule has 0 unspecified atom stereocenters. The highest BCUT2D eigenvalue weighted by atomic mass is 19.4. The van der Waals surface area contributed by atoms with Gasteiger partial charge >= 0.3 is 6.18 Å². The standard InChI is InChI=1S/C12H15F3N2O/c13-12(14,15)9-4-5-11(16-8-9)17(6-7-18)10-2-1-3-10/h4-5,8,10,18H,1-3,6-7H2. The van der Waals surface area contributed by atoms with E-state index < -0.39 is 11.7 Å². The first-order valence-corrected chi connectivity index (χ1v) is 5.93. The Kier molecular flexibility index (Phi) is 3.75. The molecule has 1 heterocycles. The number of halogens is 3. The number of hydrogen-bond acceptors (Lipinski definition) is 3. The summed E-state index contributed by atoms with van der Waals surface area (Å²) in [7, 11) is 0. The molecule has 1 saturated carbocycles. The van der Waals surface area contributed by atoms with Crippen LogP contribution in [0.4, 0.5) is 19.0 Å². The zero-order valence-electron chi connectivity index (χ0n) is 9.82. The zero-order chi connectivity index (χ0) is 13.2. The molecule has 1 aromatic heterocycles. The molecule has 3 nitrogen and oxygen atoms in total. The molecule has 1 aliphatic rings. The number of rotatable bonds is 4.